The van der Waals surface area contributed by atoms with E-state index in [2.05, 4.69) is 20.9 Å². The van der Waals surface area contributed by atoms with Crippen molar-refractivity contribution in [1.29, 1.82) is 0 Å². The Balaban J connectivity index is 1.98. The molecule has 100 valence electrons. The van der Waals surface area contributed by atoms with Crippen LogP contribution in [0.25, 0.3) is 0 Å². The molecular formula is C13H12BrNO3S. The third-order valence-corrected chi connectivity index (χ3v) is 4.30. The lowest BCUT2D eigenvalue weighted by Crippen LogP contribution is -2.03. The molecule has 0 saturated heterocycles. The van der Waals surface area contributed by atoms with Crippen LogP contribution in [-0.4, -0.2) is 22.7 Å². The fourth-order valence-corrected chi connectivity index (χ4v) is 2.76. The molecule has 1 heterocycles. The second kappa shape index (κ2) is 6.16. The highest BCUT2D eigenvalue weighted by Gasteiger charge is 2.09. The zero-order valence-electron chi connectivity index (χ0n) is 10.2. The summed E-state index contributed by atoms with van der Waals surface area (Å²) in [5.41, 5.74) is 3.04. The van der Waals surface area contributed by atoms with E-state index >= 15 is 0 Å². The van der Waals surface area contributed by atoms with Gasteiger partial charge in [0.1, 0.15) is 5.75 Å². The summed E-state index contributed by atoms with van der Waals surface area (Å²) in [4.78, 5) is 16.3. The molecule has 19 heavy (non-hydrogen) atoms. The summed E-state index contributed by atoms with van der Waals surface area (Å²) in [6, 6.07) is 4.94. The van der Waals surface area contributed by atoms with Crippen molar-refractivity contribution >= 4 is 33.2 Å². The number of aryl methyl sites for hydroxylation is 1. The molecule has 0 aliphatic heterocycles. The van der Waals surface area contributed by atoms with E-state index < -0.39 is 5.97 Å². The van der Waals surface area contributed by atoms with E-state index in [-0.39, 0.29) is 5.56 Å². The number of thiazole rings is 1. The molecule has 0 fully saturated rings. The van der Waals surface area contributed by atoms with Crippen LogP contribution < -0.4 is 4.74 Å². The van der Waals surface area contributed by atoms with E-state index in [1.54, 1.807) is 23.5 Å². The molecule has 4 nitrogen and oxygen atoms in total. The molecule has 0 radical (unpaired) electrons. The second-order valence-electron chi connectivity index (χ2n) is 3.91. The van der Waals surface area contributed by atoms with Crippen molar-refractivity contribution in [3.05, 3.63) is 44.3 Å². The van der Waals surface area contributed by atoms with Gasteiger partial charge in [-0.3, -0.25) is 0 Å². The van der Waals surface area contributed by atoms with Gasteiger partial charge in [-0.05, 0) is 41.1 Å². The van der Waals surface area contributed by atoms with Crippen LogP contribution in [0.4, 0.5) is 0 Å². The highest BCUT2D eigenvalue weighted by molar-refractivity contribution is 9.10. The van der Waals surface area contributed by atoms with Gasteiger partial charge in [-0.1, -0.05) is 0 Å². The number of benzene rings is 1. The fourth-order valence-electron chi connectivity index (χ4n) is 1.59. The van der Waals surface area contributed by atoms with Crippen LogP contribution in [0.15, 0.2) is 28.2 Å². The SMILES string of the molecule is Cc1ncsc1CCOc1ccc(Br)c(C(=O)O)c1. The van der Waals surface area contributed by atoms with E-state index in [0.29, 0.717) is 16.8 Å². The number of aromatic nitrogens is 1. The number of carbonyl (C=O) groups is 1. The van der Waals surface area contributed by atoms with Crippen molar-refractivity contribution in [3.63, 3.8) is 0 Å². The largest absolute Gasteiger partial charge is 0.493 e. The molecule has 1 aromatic heterocycles. The number of carboxylic acid groups (broad SMARTS) is 1. The Morgan fingerprint density at radius 1 is 1.53 bits per heavy atom. The van der Waals surface area contributed by atoms with Gasteiger partial charge in [0.05, 0.1) is 23.4 Å². The van der Waals surface area contributed by atoms with Crippen LogP contribution in [0.5, 0.6) is 5.75 Å². The van der Waals surface area contributed by atoms with Gasteiger partial charge in [0.2, 0.25) is 0 Å². The number of hydrogen-bond donors (Lipinski definition) is 1. The molecule has 0 atom stereocenters. The molecule has 6 heteroatoms. The Bertz CT molecular complexity index is 597. The quantitative estimate of drug-likeness (QED) is 0.903. The Morgan fingerprint density at radius 2 is 2.32 bits per heavy atom. The summed E-state index contributed by atoms with van der Waals surface area (Å²) in [5.74, 6) is -0.418. The van der Waals surface area contributed by atoms with Crippen molar-refractivity contribution in [1.82, 2.24) is 4.98 Å². The standard InChI is InChI=1S/C13H12BrNO3S/c1-8-12(19-7-15-8)4-5-18-9-2-3-11(14)10(6-9)13(16)17/h2-3,6-7H,4-5H2,1H3,(H,16,17). The Kier molecular flexibility index (Phi) is 4.55. The highest BCUT2D eigenvalue weighted by atomic mass is 79.9. The minimum absolute atomic E-state index is 0.200. The molecular weight excluding hydrogens is 330 g/mol. The zero-order valence-corrected chi connectivity index (χ0v) is 12.6. The van der Waals surface area contributed by atoms with Crippen LogP contribution in [0.3, 0.4) is 0 Å². The van der Waals surface area contributed by atoms with Gasteiger partial charge in [-0.15, -0.1) is 11.3 Å². The summed E-state index contributed by atoms with van der Waals surface area (Å²) in [7, 11) is 0. The molecule has 0 aliphatic carbocycles. The molecule has 0 amide bonds. The normalized spacial score (nSPS) is 10.4. The summed E-state index contributed by atoms with van der Waals surface area (Å²) >= 11 is 4.80. The van der Waals surface area contributed by atoms with E-state index in [4.69, 9.17) is 9.84 Å². The Hall–Kier alpha value is -1.40. The first-order valence-electron chi connectivity index (χ1n) is 5.62. The van der Waals surface area contributed by atoms with Gasteiger partial charge in [-0.2, -0.15) is 0 Å². The summed E-state index contributed by atoms with van der Waals surface area (Å²) in [6.45, 7) is 2.47. The smallest absolute Gasteiger partial charge is 0.336 e. The highest BCUT2D eigenvalue weighted by Crippen LogP contribution is 2.23. The number of aromatic carboxylic acids is 1. The Morgan fingerprint density at radius 3 is 2.95 bits per heavy atom. The maximum absolute atomic E-state index is 11.0. The molecule has 1 N–H and O–H groups in total. The van der Waals surface area contributed by atoms with Crippen LogP contribution in [-0.2, 0) is 6.42 Å². The lowest BCUT2D eigenvalue weighted by molar-refractivity contribution is 0.0695. The molecule has 0 spiro atoms. The third kappa shape index (κ3) is 3.54. The molecule has 0 saturated carbocycles. The van der Waals surface area contributed by atoms with Gasteiger partial charge < -0.3 is 9.84 Å². The first kappa shape index (κ1) is 14.0. The lowest BCUT2D eigenvalue weighted by atomic mass is 10.2. The monoisotopic (exact) mass is 341 g/mol. The van der Waals surface area contributed by atoms with Crippen LogP contribution in [0, 0.1) is 6.92 Å². The summed E-state index contributed by atoms with van der Waals surface area (Å²) in [6.07, 6.45) is 0.773. The van der Waals surface area contributed by atoms with Crippen LogP contribution in [0.2, 0.25) is 0 Å². The van der Waals surface area contributed by atoms with Crippen LogP contribution in [0.1, 0.15) is 20.9 Å². The van der Waals surface area contributed by atoms with Crippen molar-refractivity contribution < 1.29 is 14.6 Å². The number of ether oxygens (including phenoxy) is 1. The molecule has 2 aromatic rings. The minimum atomic E-state index is -0.976. The van der Waals surface area contributed by atoms with Gasteiger partial charge in [0, 0.05) is 15.8 Å². The van der Waals surface area contributed by atoms with Gasteiger partial charge >= 0.3 is 5.97 Å². The maximum Gasteiger partial charge on any atom is 0.336 e. The van der Waals surface area contributed by atoms with E-state index in [0.717, 1.165) is 12.1 Å². The number of rotatable bonds is 5. The van der Waals surface area contributed by atoms with Crippen molar-refractivity contribution in [2.45, 2.75) is 13.3 Å². The zero-order chi connectivity index (χ0) is 13.8. The second-order valence-corrected chi connectivity index (χ2v) is 5.70. The fraction of sp³-hybridized carbons (Fsp3) is 0.231. The van der Waals surface area contributed by atoms with E-state index in [9.17, 15) is 4.79 Å². The summed E-state index contributed by atoms with van der Waals surface area (Å²) < 4.78 is 6.12. The first-order valence-corrected chi connectivity index (χ1v) is 7.30. The van der Waals surface area contributed by atoms with Crippen molar-refractivity contribution in [2.24, 2.45) is 0 Å². The lowest BCUT2D eigenvalue weighted by Gasteiger charge is -2.07. The molecule has 1 aromatic carbocycles. The third-order valence-electron chi connectivity index (χ3n) is 2.61. The number of nitrogens with zero attached hydrogens (tertiary/aromatic N) is 1. The summed E-state index contributed by atoms with van der Waals surface area (Å²) in [5, 5.41) is 9.01. The average Bonchev–Trinajstić information content (AvgIpc) is 2.77. The number of halogens is 1. The molecule has 0 bridgehead atoms. The number of carboxylic acids is 1. The average molecular weight is 342 g/mol. The predicted octanol–water partition coefficient (Wildman–Crippen LogP) is 3.53. The first-order chi connectivity index (χ1) is 9.08. The van der Waals surface area contributed by atoms with E-state index in [1.165, 1.54) is 10.9 Å². The van der Waals surface area contributed by atoms with Crippen molar-refractivity contribution in [2.75, 3.05) is 6.61 Å². The predicted molar refractivity (Wildman–Crippen MR) is 77.2 cm³/mol. The van der Waals surface area contributed by atoms with Crippen molar-refractivity contribution in [3.8, 4) is 5.75 Å². The van der Waals surface area contributed by atoms with E-state index in [1.807, 2.05) is 12.4 Å². The number of hydrogen-bond acceptors (Lipinski definition) is 4. The van der Waals surface area contributed by atoms with Gasteiger partial charge in [0.15, 0.2) is 0 Å². The van der Waals surface area contributed by atoms with Crippen LogP contribution >= 0.6 is 27.3 Å². The maximum atomic E-state index is 11.0. The molecule has 2 rings (SSSR count). The Labute approximate surface area is 123 Å². The topological polar surface area (TPSA) is 59.4 Å². The minimum Gasteiger partial charge on any atom is -0.493 e. The van der Waals surface area contributed by atoms with Gasteiger partial charge in [0.25, 0.3) is 0 Å². The molecule has 0 aliphatic rings. The van der Waals surface area contributed by atoms with Gasteiger partial charge in [-0.25, -0.2) is 9.78 Å². The molecule has 0 unspecified atom stereocenters.